The standard InChI is InChI=1S/C24H26F3N5/c1-12-6-17-9-21-20(11-22(17)32(5)14(12)3)23(31-15(4)30-21)29-13(2)16-7-18(24(25,26)27)10-19(28)8-16/h7-13H,3,6,28H2,1-2,4-5H3,(H,29,30,31)/t12-,13-/m1/s1. The van der Waals surface area contributed by atoms with Crippen LogP contribution in [0.3, 0.4) is 0 Å². The first-order chi connectivity index (χ1) is 14.9. The van der Waals surface area contributed by atoms with E-state index in [0.29, 0.717) is 23.1 Å². The molecule has 0 saturated carbocycles. The lowest BCUT2D eigenvalue weighted by Crippen LogP contribution is -2.28. The molecule has 3 aromatic rings. The molecule has 0 amide bonds. The second-order valence-electron chi connectivity index (χ2n) is 8.53. The third kappa shape index (κ3) is 3.97. The Labute approximate surface area is 185 Å². The monoisotopic (exact) mass is 441 g/mol. The number of aryl methyl sites for hydroxylation is 1. The molecule has 1 aliphatic rings. The fraction of sp³-hybridized carbons (Fsp3) is 0.333. The molecule has 1 aromatic heterocycles. The first kappa shape index (κ1) is 21.9. The summed E-state index contributed by atoms with van der Waals surface area (Å²) in [5.74, 6) is 1.48. The molecule has 2 atom stereocenters. The van der Waals surface area contributed by atoms with Crippen molar-refractivity contribution >= 4 is 28.1 Å². The highest BCUT2D eigenvalue weighted by molar-refractivity contribution is 5.93. The van der Waals surface area contributed by atoms with Crippen LogP contribution in [0.25, 0.3) is 10.9 Å². The van der Waals surface area contributed by atoms with E-state index in [1.807, 2.05) is 13.1 Å². The number of rotatable bonds is 3. The number of nitrogens with two attached hydrogens (primary N) is 1. The summed E-state index contributed by atoms with van der Waals surface area (Å²) in [5.41, 5.74) is 9.52. The molecule has 5 nitrogen and oxygen atoms in total. The lowest BCUT2D eigenvalue weighted by Gasteiger charge is -2.34. The molecular formula is C24H26F3N5. The van der Waals surface area contributed by atoms with E-state index in [1.54, 1.807) is 19.9 Å². The molecule has 0 aliphatic carbocycles. The zero-order chi connectivity index (χ0) is 23.4. The van der Waals surface area contributed by atoms with Crippen LogP contribution in [0.2, 0.25) is 0 Å². The van der Waals surface area contributed by atoms with Crippen molar-refractivity contribution in [2.24, 2.45) is 5.92 Å². The van der Waals surface area contributed by atoms with Gasteiger partial charge >= 0.3 is 6.18 Å². The second kappa shape index (κ2) is 7.69. The molecule has 0 bridgehead atoms. The van der Waals surface area contributed by atoms with E-state index in [-0.39, 0.29) is 5.69 Å². The lowest BCUT2D eigenvalue weighted by molar-refractivity contribution is -0.137. The molecule has 0 unspecified atom stereocenters. The van der Waals surface area contributed by atoms with Crippen LogP contribution >= 0.6 is 0 Å². The van der Waals surface area contributed by atoms with Crippen LogP contribution in [-0.2, 0) is 12.6 Å². The largest absolute Gasteiger partial charge is 0.416 e. The van der Waals surface area contributed by atoms with Gasteiger partial charge in [-0.05, 0) is 67.6 Å². The second-order valence-corrected chi connectivity index (χ2v) is 8.53. The van der Waals surface area contributed by atoms with Crippen LogP contribution in [0.15, 0.2) is 42.6 Å². The summed E-state index contributed by atoms with van der Waals surface area (Å²) in [4.78, 5) is 11.2. The quantitative estimate of drug-likeness (QED) is 0.499. The van der Waals surface area contributed by atoms with Crippen molar-refractivity contribution in [2.75, 3.05) is 23.0 Å². The van der Waals surface area contributed by atoms with Gasteiger partial charge in [0.1, 0.15) is 11.6 Å². The SMILES string of the molecule is C=C1[C@H](C)Cc2cc3nc(C)nc(N[C@H](C)c4cc(N)cc(C(F)(F)F)c4)c3cc2N1C. The van der Waals surface area contributed by atoms with Gasteiger partial charge in [0, 0.05) is 29.5 Å². The molecule has 2 aromatic carbocycles. The number of nitrogens with zero attached hydrogens (tertiary/aromatic N) is 3. The predicted octanol–water partition coefficient (Wildman–Crippen LogP) is 5.85. The summed E-state index contributed by atoms with van der Waals surface area (Å²) < 4.78 is 39.7. The van der Waals surface area contributed by atoms with Gasteiger partial charge in [-0.1, -0.05) is 13.5 Å². The maximum atomic E-state index is 13.2. The smallest absolute Gasteiger partial charge is 0.399 e. The summed E-state index contributed by atoms with van der Waals surface area (Å²) >= 11 is 0. The minimum atomic E-state index is -4.47. The van der Waals surface area contributed by atoms with E-state index in [0.717, 1.165) is 40.8 Å². The fourth-order valence-corrected chi connectivity index (χ4v) is 4.22. The van der Waals surface area contributed by atoms with Crippen molar-refractivity contribution in [3.63, 3.8) is 0 Å². The van der Waals surface area contributed by atoms with E-state index in [1.165, 1.54) is 5.56 Å². The highest BCUT2D eigenvalue weighted by Crippen LogP contribution is 2.39. The predicted molar refractivity (Wildman–Crippen MR) is 123 cm³/mol. The molecule has 32 heavy (non-hydrogen) atoms. The van der Waals surface area contributed by atoms with Crippen LogP contribution in [-0.4, -0.2) is 17.0 Å². The summed E-state index contributed by atoms with van der Waals surface area (Å²) in [7, 11) is 1.98. The Hall–Kier alpha value is -3.29. The topological polar surface area (TPSA) is 67.1 Å². The zero-order valence-electron chi connectivity index (χ0n) is 18.5. The number of anilines is 3. The minimum Gasteiger partial charge on any atom is -0.399 e. The molecular weight excluding hydrogens is 415 g/mol. The first-order valence-electron chi connectivity index (χ1n) is 10.4. The Morgan fingerprint density at radius 1 is 1.19 bits per heavy atom. The Bertz CT molecular complexity index is 1220. The molecule has 0 spiro atoms. The fourth-order valence-electron chi connectivity index (χ4n) is 4.22. The Balaban J connectivity index is 1.77. The molecule has 168 valence electrons. The number of alkyl halides is 3. The normalized spacial score (nSPS) is 17.4. The Morgan fingerprint density at radius 2 is 1.91 bits per heavy atom. The summed E-state index contributed by atoms with van der Waals surface area (Å²) in [6.07, 6.45) is -3.59. The van der Waals surface area contributed by atoms with Crippen LogP contribution in [0.5, 0.6) is 0 Å². The average Bonchev–Trinajstić information content (AvgIpc) is 2.70. The summed E-state index contributed by atoms with van der Waals surface area (Å²) in [6, 6.07) is 7.24. The average molecular weight is 442 g/mol. The molecule has 2 heterocycles. The van der Waals surface area contributed by atoms with Crippen LogP contribution < -0.4 is 16.0 Å². The number of hydrogen-bond acceptors (Lipinski definition) is 5. The number of aromatic nitrogens is 2. The van der Waals surface area contributed by atoms with Gasteiger partial charge in [-0.3, -0.25) is 0 Å². The van der Waals surface area contributed by atoms with E-state index >= 15 is 0 Å². The number of benzene rings is 2. The van der Waals surface area contributed by atoms with Crippen LogP contribution in [0.4, 0.5) is 30.4 Å². The minimum absolute atomic E-state index is 0.0653. The Kier molecular flexibility index (Phi) is 5.27. The van der Waals surface area contributed by atoms with Gasteiger partial charge in [0.25, 0.3) is 0 Å². The van der Waals surface area contributed by atoms with Crippen molar-refractivity contribution in [3.8, 4) is 0 Å². The number of fused-ring (bicyclic) bond motifs is 2. The van der Waals surface area contributed by atoms with Gasteiger partial charge in [-0.2, -0.15) is 13.2 Å². The van der Waals surface area contributed by atoms with Gasteiger partial charge < -0.3 is 16.0 Å². The molecule has 4 rings (SSSR count). The van der Waals surface area contributed by atoms with Gasteiger partial charge in [-0.15, -0.1) is 0 Å². The van der Waals surface area contributed by atoms with Crippen LogP contribution in [0, 0.1) is 12.8 Å². The first-order valence-corrected chi connectivity index (χ1v) is 10.4. The zero-order valence-corrected chi connectivity index (χ0v) is 18.5. The third-order valence-corrected chi connectivity index (χ3v) is 6.05. The number of nitrogens with one attached hydrogen (secondary N) is 1. The van der Waals surface area contributed by atoms with E-state index < -0.39 is 17.8 Å². The maximum Gasteiger partial charge on any atom is 0.416 e. The molecule has 0 fully saturated rings. The molecule has 3 N–H and O–H groups in total. The number of hydrogen-bond donors (Lipinski definition) is 2. The number of nitrogen functional groups attached to an aromatic ring is 1. The van der Waals surface area contributed by atoms with E-state index in [9.17, 15) is 13.2 Å². The highest BCUT2D eigenvalue weighted by Gasteiger charge is 2.31. The Morgan fingerprint density at radius 3 is 2.59 bits per heavy atom. The van der Waals surface area contributed by atoms with Gasteiger partial charge in [0.05, 0.1) is 17.1 Å². The third-order valence-electron chi connectivity index (χ3n) is 6.05. The highest BCUT2D eigenvalue weighted by atomic mass is 19.4. The van der Waals surface area contributed by atoms with Crippen molar-refractivity contribution in [1.29, 1.82) is 0 Å². The van der Waals surface area contributed by atoms with Crippen molar-refractivity contribution in [1.82, 2.24) is 9.97 Å². The van der Waals surface area contributed by atoms with E-state index in [2.05, 4.69) is 39.8 Å². The van der Waals surface area contributed by atoms with Crippen molar-refractivity contribution < 1.29 is 13.2 Å². The van der Waals surface area contributed by atoms with Crippen molar-refractivity contribution in [3.05, 3.63) is 65.1 Å². The van der Waals surface area contributed by atoms with E-state index in [4.69, 9.17) is 5.73 Å². The van der Waals surface area contributed by atoms with Crippen LogP contribution in [0.1, 0.15) is 42.4 Å². The maximum absolute atomic E-state index is 13.2. The van der Waals surface area contributed by atoms with Gasteiger partial charge in [0.15, 0.2) is 0 Å². The molecule has 8 heteroatoms. The molecule has 0 radical (unpaired) electrons. The molecule has 0 saturated heterocycles. The van der Waals surface area contributed by atoms with Gasteiger partial charge in [-0.25, -0.2) is 9.97 Å². The molecule has 1 aliphatic heterocycles. The number of allylic oxidation sites excluding steroid dienone is 1. The number of halogens is 3. The summed E-state index contributed by atoms with van der Waals surface area (Å²) in [5, 5.41) is 4.08. The van der Waals surface area contributed by atoms with Gasteiger partial charge in [0.2, 0.25) is 0 Å². The van der Waals surface area contributed by atoms with Crippen molar-refractivity contribution in [2.45, 2.75) is 39.4 Å². The lowest BCUT2D eigenvalue weighted by atomic mass is 9.90. The summed E-state index contributed by atoms with van der Waals surface area (Å²) in [6.45, 7) is 9.92.